The molecule has 0 aliphatic carbocycles. The summed E-state index contributed by atoms with van der Waals surface area (Å²) in [7, 11) is 0. The van der Waals surface area contributed by atoms with Gasteiger partial charge in [0.1, 0.15) is 6.10 Å². The molecule has 21 heavy (non-hydrogen) atoms. The van der Waals surface area contributed by atoms with Gasteiger partial charge in [0, 0.05) is 12.6 Å². The van der Waals surface area contributed by atoms with Gasteiger partial charge >= 0.3 is 0 Å². The van der Waals surface area contributed by atoms with Crippen LogP contribution in [0.3, 0.4) is 0 Å². The number of aromatic nitrogens is 2. The van der Waals surface area contributed by atoms with Gasteiger partial charge in [-0.05, 0) is 59.2 Å². The van der Waals surface area contributed by atoms with Gasteiger partial charge in [0.2, 0.25) is 5.89 Å². The quantitative estimate of drug-likeness (QED) is 0.897. The Morgan fingerprint density at radius 3 is 2.95 bits per heavy atom. The highest BCUT2D eigenvalue weighted by molar-refractivity contribution is 5.00. The van der Waals surface area contributed by atoms with E-state index in [0.717, 1.165) is 31.9 Å². The van der Waals surface area contributed by atoms with Crippen molar-refractivity contribution in [3.63, 3.8) is 0 Å². The smallest absolute Gasteiger partial charge is 0.244 e. The van der Waals surface area contributed by atoms with Crippen molar-refractivity contribution in [2.75, 3.05) is 26.2 Å². The predicted octanol–water partition coefficient (Wildman–Crippen LogP) is 2.06. The molecule has 1 N–H and O–H groups in total. The van der Waals surface area contributed by atoms with Crippen molar-refractivity contribution in [3.8, 4) is 0 Å². The molecule has 1 aromatic heterocycles. The van der Waals surface area contributed by atoms with Crippen molar-refractivity contribution in [2.24, 2.45) is 0 Å². The molecule has 0 spiro atoms. The van der Waals surface area contributed by atoms with E-state index >= 15 is 0 Å². The van der Waals surface area contributed by atoms with E-state index in [9.17, 15) is 0 Å². The van der Waals surface area contributed by atoms with Crippen LogP contribution >= 0.6 is 0 Å². The molecule has 6 nitrogen and oxygen atoms in total. The Kier molecular flexibility index (Phi) is 4.87. The fourth-order valence-corrected chi connectivity index (χ4v) is 3.50. The van der Waals surface area contributed by atoms with Crippen LogP contribution in [0, 0.1) is 0 Å². The third-order valence-corrected chi connectivity index (χ3v) is 4.59. The van der Waals surface area contributed by atoms with Crippen molar-refractivity contribution in [3.05, 3.63) is 11.7 Å². The van der Waals surface area contributed by atoms with Crippen LogP contribution in [-0.2, 0) is 4.74 Å². The van der Waals surface area contributed by atoms with E-state index < -0.39 is 0 Å². The predicted molar refractivity (Wildman–Crippen MR) is 78.9 cm³/mol. The number of piperidine rings is 1. The van der Waals surface area contributed by atoms with E-state index in [1.807, 2.05) is 13.8 Å². The maximum Gasteiger partial charge on any atom is 0.244 e. The summed E-state index contributed by atoms with van der Waals surface area (Å²) < 4.78 is 11.1. The Labute approximate surface area is 126 Å². The number of rotatable bonds is 5. The minimum Gasteiger partial charge on any atom is -0.371 e. The number of hydrogen-bond acceptors (Lipinski definition) is 6. The van der Waals surface area contributed by atoms with Crippen LogP contribution < -0.4 is 5.32 Å². The molecule has 3 rings (SSSR count). The molecule has 0 radical (unpaired) electrons. The van der Waals surface area contributed by atoms with Gasteiger partial charge in [-0.15, -0.1) is 0 Å². The number of hydrogen-bond donors (Lipinski definition) is 1. The highest BCUT2D eigenvalue weighted by atomic mass is 16.5. The van der Waals surface area contributed by atoms with Gasteiger partial charge in [0.25, 0.3) is 0 Å². The van der Waals surface area contributed by atoms with Crippen LogP contribution in [-0.4, -0.2) is 47.3 Å². The second-order valence-electron chi connectivity index (χ2n) is 5.97. The van der Waals surface area contributed by atoms with Gasteiger partial charge in [0.15, 0.2) is 5.82 Å². The molecule has 1 aromatic rings. The third-order valence-electron chi connectivity index (χ3n) is 4.59. The van der Waals surface area contributed by atoms with E-state index in [4.69, 9.17) is 9.26 Å². The first kappa shape index (κ1) is 14.9. The molecule has 118 valence electrons. The third kappa shape index (κ3) is 3.27. The number of nitrogens with zero attached hydrogens (tertiary/aromatic N) is 3. The fraction of sp³-hybridized carbons (Fsp3) is 0.867. The second-order valence-corrected chi connectivity index (χ2v) is 5.97. The average Bonchev–Trinajstić information content (AvgIpc) is 3.17. The van der Waals surface area contributed by atoms with Crippen molar-refractivity contribution >= 4 is 0 Å². The van der Waals surface area contributed by atoms with Crippen LogP contribution in [0.2, 0.25) is 0 Å². The summed E-state index contributed by atoms with van der Waals surface area (Å²) in [6.07, 6.45) is 4.67. The molecule has 0 bridgehead atoms. The lowest BCUT2D eigenvalue weighted by atomic mass is 10.0. The highest BCUT2D eigenvalue weighted by Crippen LogP contribution is 2.35. The van der Waals surface area contributed by atoms with Crippen LogP contribution in [0.1, 0.15) is 63.4 Å². The summed E-state index contributed by atoms with van der Waals surface area (Å²) in [5, 5.41) is 7.54. The zero-order valence-corrected chi connectivity index (χ0v) is 13.0. The summed E-state index contributed by atoms with van der Waals surface area (Å²) in [5.74, 6) is 1.44. The first-order valence-electron chi connectivity index (χ1n) is 8.21. The Morgan fingerprint density at radius 1 is 1.38 bits per heavy atom. The van der Waals surface area contributed by atoms with E-state index in [-0.39, 0.29) is 6.10 Å². The van der Waals surface area contributed by atoms with Crippen LogP contribution in [0.4, 0.5) is 0 Å². The van der Waals surface area contributed by atoms with E-state index in [1.54, 1.807) is 0 Å². The second kappa shape index (κ2) is 6.85. The number of nitrogens with one attached hydrogen (secondary N) is 1. The summed E-state index contributed by atoms with van der Waals surface area (Å²) in [5.41, 5.74) is 0. The van der Waals surface area contributed by atoms with Crippen molar-refractivity contribution in [2.45, 2.75) is 57.7 Å². The van der Waals surface area contributed by atoms with Crippen molar-refractivity contribution in [1.29, 1.82) is 0 Å². The number of likely N-dealkylation sites (tertiary alicyclic amines) is 1. The molecule has 2 aliphatic rings. The van der Waals surface area contributed by atoms with Gasteiger partial charge in [-0.2, -0.15) is 4.98 Å². The molecular formula is C15H26N4O2. The molecule has 2 fully saturated rings. The molecule has 2 aliphatic heterocycles. The standard InChI is InChI=1S/C15H26N4O2/c1-3-20-11(2)14-17-15(21-18-14)13-5-4-10-19(13)12-6-8-16-9-7-12/h11-13,16H,3-10H2,1-2H3. The van der Waals surface area contributed by atoms with E-state index in [1.165, 1.54) is 19.3 Å². The van der Waals surface area contributed by atoms with Crippen LogP contribution in [0.15, 0.2) is 4.52 Å². The first-order valence-corrected chi connectivity index (χ1v) is 8.21. The molecule has 0 saturated carbocycles. The van der Waals surface area contributed by atoms with Gasteiger partial charge in [-0.1, -0.05) is 5.16 Å². The van der Waals surface area contributed by atoms with Crippen molar-refractivity contribution in [1.82, 2.24) is 20.4 Å². The SMILES string of the molecule is CCOC(C)c1noc(C2CCCN2C2CCNCC2)n1. The molecule has 3 heterocycles. The lowest BCUT2D eigenvalue weighted by Gasteiger charge is -2.34. The Hall–Kier alpha value is -0.980. The Morgan fingerprint density at radius 2 is 2.19 bits per heavy atom. The molecule has 2 unspecified atom stereocenters. The summed E-state index contributed by atoms with van der Waals surface area (Å²) in [4.78, 5) is 7.17. The van der Waals surface area contributed by atoms with Gasteiger partial charge in [0.05, 0.1) is 6.04 Å². The lowest BCUT2D eigenvalue weighted by Crippen LogP contribution is -2.42. The maximum atomic E-state index is 5.54. The normalized spacial score (nSPS) is 26.3. The summed E-state index contributed by atoms with van der Waals surface area (Å²) >= 11 is 0. The molecule has 6 heteroatoms. The first-order chi connectivity index (χ1) is 10.3. The van der Waals surface area contributed by atoms with Gasteiger partial charge in [-0.3, -0.25) is 4.90 Å². The molecule has 2 saturated heterocycles. The highest BCUT2D eigenvalue weighted by Gasteiger charge is 2.35. The summed E-state index contributed by atoms with van der Waals surface area (Å²) in [6, 6.07) is 0.946. The van der Waals surface area contributed by atoms with Gasteiger partial charge < -0.3 is 14.6 Å². The zero-order chi connectivity index (χ0) is 14.7. The van der Waals surface area contributed by atoms with E-state index in [0.29, 0.717) is 24.5 Å². The van der Waals surface area contributed by atoms with Crippen LogP contribution in [0.25, 0.3) is 0 Å². The van der Waals surface area contributed by atoms with Gasteiger partial charge in [-0.25, -0.2) is 0 Å². The average molecular weight is 294 g/mol. The maximum absolute atomic E-state index is 5.54. The zero-order valence-electron chi connectivity index (χ0n) is 13.0. The Balaban J connectivity index is 1.69. The molecule has 2 atom stereocenters. The fourth-order valence-electron chi connectivity index (χ4n) is 3.50. The van der Waals surface area contributed by atoms with Crippen LogP contribution in [0.5, 0.6) is 0 Å². The largest absolute Gasteiger partial charge is 0.371 e. The lowest BCUT2D eigenvalue weighted by molar-refractivity contribution is 0.0683. The topological polar surface area (TPSA) is 63.4 Å². The van der Waals surface area contributed by atoms with E-state index in [2.05, 4.69) is 20.4 Å². The monoisotopic (exact) mass is 294 g/mol. The summed E-state index contributed by atoms with van der Waals surface area (Å²) in [6.45, 7) is 7.99. The molecular weight excluding hydrogens is 268 g/mol. The molecule has 0 amide bonds. The molecule has 0 aromatic carbocycles. The van der Waals surface area contributed by atoms with Crippen molar-refractivity contribution < 1.29 is 9.26 Å². The Bertz CT molecular complexity index is 445. The minimum absolute atomic E-state index is 0.0961. The minimum atomic E-state index is -0.0961. The number of ether oxygens (including phenoxy) is 1.